The summed E-state index contributed by atoms with van der Waals surface area (Å²) >= 11 is 1.19. The quantitative estimate of drug-likeness (QED) is 0.629. The van der Waals surface area contributed by atoms with E-state index in [9.17, 15) is 19.7 Å². The first-order valence-electron chi connectivity index (χ1n) is 6.97. The van der Waals surface area contributed by atoms with Gasteiger partial charge in [-0.15, -0.1) is 0 Å². The Morgan fingerprint density at radius 2 is 2.26 bits per heavy atom. The molecule has 0 aromatic heterocycles. The highest BCUT2D eigenvalue weighted by molar-refractivity contribution is 8.15. The molecule has 2 N–H and O–H groups in total. The highest BCUT2D eigenvalue weighted by atomic mass is 32.2. The van der Waals surface area contributed by atoms with Crippen molar-refractivity contribution in [2.75, 3.05) is 11.9 Å². The molecule has 1 aliphatic rings. The van der Waals surface area contributed by atoms with E-state index in [1.165, 1.54) is 23.9 Å². The van der Waals surface area contributed by atoms with Gasteiger partial charge in [-0.1, -0.05) is 17.8 Å². The number of nitro groups is 1. The zero-order valence-corrected chi connectivity index (χ0v) is 13.5. The highest BCUT2D eigenvalue weighted by Crippen LogP contribution is 2.27. The Morgan fingerprint density at radius 1 is 1.52 bits per heavy atom. The lowest BCUT2D eigenvalue weighted by molar-refractivity contribution is -0.384. The third kappa shape index (κ3) is 4.28. The summed E-state index contributed by atoms with van der Waals surface area (Å²) in [6.07, 6.45) is -0.0791. The highest BCUT2D eigenvalue weighted by Gasteiger charge is 2.32. The molecule has 23 heavy (non-hydrogen) atoms. The minimum atomic E-state index is -0.579. The maximum Gasteiger partial charge on any atom is 0.293 e. The van der Waals surface area contributed by atoms with Crippen molar-refractivity contribution in [1.29, 1.82) is 0 Å². The van der Waals surface area contributed by atoms with E-state index in [1.54, 1.807) is 13.0 Å². The molecular weight excluding hydrogens is 320 g/mol. The zero-order valence-electron chi connectivity index (χ0n) is 12.7. The van der Waals surface area contributed by atoms with Crippen molar-refractivity contribution in [2.24, 2.45) is 4.99 Å². The number of anilines is 1. The van der Waals surface area contributed by atoms with Crippen LogP contribution in [-0.2, 0) is 9.59 Å². The van der Waals surface area contributed by atoms with Crippen LogP contribution in [0.2, 0.25) is 0 Å². The number of thioether (sulfide) groups is 1. The number of carbonyl (C=O) groups is 2. The Bertz CT molecular complexity index is 689. The summed E-state index contributed by atoms with van der Waals surface area (Å²) in [6, 6.07) is 4.54. The van der Waals surface area contributed by atoms with Crippen molar-refractivity contribution in [2.45, 2.75) is 25.5 Å². The van der Waals surface area contributed by atoms with Crippen LogP contribution in [-0.4, -0.2) is 33.7 Å². The molecule has 0 bridgehead atoms. The number of carbonyl (C=O) groups excluding carboxylic acids is 2. The molecular formula is C14H16N4O4S. The number of aryl methyl sites for hydroxylation is 1. The number of nitrogens with zero attached hydrogens (tertiary/aromatic N) is 2. The predicted octanol–water partition coefficient (Wildman–Crippen LogP) is 1.84. The molecule has 1 atom stereocenters. The first-order chi connectivity index (χ1) is 10.9. The van der Waals surface area contributed by atoms with Crippen LogP contribution in [0.1, 0.15) is 18.9 Å². The fraction of sp³-hybridized carbons (Fsp3) is 0.357. The number of nitrogens with one attached hydrogen (secondary N) is 2. The van der Waals surface area contributed by atoms with Gasteiger partial charge in [0, 0.05) is 19.0 Å². The van der Waals surface area contributed by atoms with Crippen LogP contribution in [0.5, 0.6) is 0 Å². The Kier molecular flexibility index (Phi) is 5.32. The first kappa shape index (κ1) is 16.9. The second-order valence-electron chi connectivity index (χ2n) is 4.91. The largest absolute Gasteiger partial charge is 0.320 e. The van der Waals surface area contributed by atoms with Crippen LogP contribution in [0.4, 0.5) is 11.4 Å². The SMILES string of the molecule is CCN=C1NC(=O)[C@H](CC(=O)Nc2ccc(C)cc2[N+](=O)[O-])S1. The van der Waals surface area contributed by atoms with Crippen molar-refractivity contribution >= 4 is 40.1 Å². The topological polar surface area (TPSA) is 114 Å². The average Bonchev–Trinajstić information content (AvgIpc) is 2.81. The van der Waals surface area contributed by atoms with Crippen LogP contribution in [0, 0.1) is 17.0 Å². The molecule has 122 valence electrons. The molecule has 0 aliphatic carbocycles. The summed E-state index contributed by atoms with van der Waals surface area (Å²) < 4.78 is 0. The molecule has 0 unspecified atom stereocenters. The molecule has 0 saturated carbocycles. The lowest BCUT2D eigenvalue weighted by atomic mass is 10.2. The van der Waals surface area contributed by atoms with E-state index in [2.05, 4.69) is 15.6 Å². The molecule has 9 heteroatoms. The monoisotopic (exact) mass is 336 g/mol. The molecule has 1 aromatic rings. The molecule has 1 saturated heterocycles. The van der Waals surface area contributed by atoms with E-state index in [4.69, 9.17) is 0 Å². The summed E-state index contributed by atoms with van der Waals surface area (Å²) in [6.45, 7) is 4.11. The van der Waals surface area contributed by atoms with Crippen LogP contribution in [0.25, 0.3) is 0 Å². The normalized spacial score (nSPS) is 18.8. The van der Waals surface area contributed by atoms with Gasteiger partial charge in [-0.3, -0.25) is 24.7 Å². The number of benzene rings is 1. The summed E-state index contributed by atoms with van der Waals surface area (Å²) in [4.78, 5) is 38.4. The van der Waals surface area contributed by atoms with Gasteiger partial charge in [-0.2, -0.15) is 0 Å². The van der Waals surface area contributed by atoms with Gasteiger partial charge in [0.15, 0.2) is 5.17 Å². The van der Waals surface area contributed by atoms with Gasteiger partial charge < -0.3 is 10.6 Å². The first-order valence-corrected chi connectivity index (χ1v) is 7.85. The Hall–Kier alpha value is -2.42. The average molecular weight is 336 g/mol. The van der Waals surface area contributed by atoms with Crippen molar-refractivity contribution in [3.63, 3.8) is 0 Å². The molecule has 2 amide bonds. The Labute approximate surface area is 136 Å². The molecule has 1 fully saturated rings. The zero-order chi connectivity index (χ0) is 17.0. The van der Waals surface area contributed by atoms with E-state index in [0.29, 0.717) is 11.7 Å². The fourth-order valence-corrected chi connectivity index (χ4v) is 3.06. The van der Waals surface area contributed by atoms with Gasteiger partial charge in [0.2, 0.25) is 11.8 Å². The van der Waals surface area contributed by atoms with E-state index in [-0.39, 0.29) is 23.7 Å². The number of hydrogen-bond acceptors (Lipinski definition) is 6. The maximum atomic E-state index is 12.1. The van der Waals surface area contributed by atoms with Crippen molar-refractivity contribution in [1.82, 2.24) is 5.32 Å². The van der Waals surface area contributed by atoms with Crippen molar-refractivity contribution in [3.05, 3.63) is 33.9 Å². The van der Waals surface area contributed by atoms with E-state index < -0.39 is 16.1 Å². The summed E-state index contributed by atoms with van der Waals surface area (Å²) in [5.74, 6) is -0.738. The molecule has 2 rings (SSSR count). The van der Waals surface area contributed by atoms with E-state index >= 15 is 0 Å². The second kappa shape index (κ2) is 7.23. The maximum absolute atomic E-state index is 12.1. The second-order valence-corrected chi connectivity index (χ2v) is 6.10. The minimum Gasteiger partial charge on any atom is -0.320 e. The summed E-state index contributed by atoms with van der Waals surface area (Å²) in [5, 5.41) is 16.1. The van der Waals surface area contributed by atoms with E-state index in [1.807, 2.05) is 6.92 Å². The third-order valence-electron chi connectivity index (χ3n) is 3.07. The number of amides is 2. The third-order valence-corrected chi connectivity index (χ3v) is 4.19. The minimum absolute atomic E-state index is 0.0791. The lowest BCUT2D eigenvalue weighted by Gasteiger charge is -2.08. The number of rotatable bonds is 5. The van der Waals surface area contributed by atoms with Crippen LogP contribution in [0.3, 0.4) is 0 Å². The molecule has 1 aromatic carbocycles. The number of nitro benzene ring substituents is 1. The van der Waals surface area contributed by atoms with Gasteiger partial charge in [-0.05, 0) is 25.5 Å². The fourth-order valence-electron chi connectivity index (χ4n) is 2.03. The van der Waals surface area contributed by atoms with Gasteiger partial charge in [0.1, 0.15) is 10.9 Å². The van der Waals surface area contributed by atoms with Gasteiger partial charge in [-0.25, -0.2) is 0 Å². The van der Waals surface area contributed by atoms with Crippen LogP contribution in [0.15, 0.2) is 23.2 Å². The number of hydrogen-bond donors (Lipinski definition) is 2. The molecule has 1 heterocycles. The van der Waals surface area contributed by atoms with Gasteiger partial charge in [0.25, 0.3) is 5.69 Å². The summed E-state index contributed by atoms with van der Waals surface area (Å²) in [5.41, 5.74) is 0.674. The lowest BCUT2D eigenvalue weighted by Crippen LogP contribution is -2.28. The van der Waals surface area contributed by atoms with Crippen LogP contribution < -0.4 is 10.6 Å². The van der Waals surface area contributed by atoms with Gasteiger partial charge >= 0.3 is 0 Å². The van der Waals surface area contributed by atoms with Crippen LogP contribution >= 0.6 is 11.8 Å². The smallest absolute Gasteiger partial charge is 0.293 e. The number of amidine groups is 1. The van der Waals surface area contributed by atoms with E-state index in [0.717, 1.165) is 5.56 Å². The molecule has 8 nitrogen and oxygen atoms in total. The summed E-state index contributed by atoms with van der Waals surface area (Å²) in [7, 11) is 0. The van der Waals surface area contributed by atoms with Crippen molar-refractivity contribution in [3.8, 4) is 0 Å². The number of aliphatic imine (C=N–C) groups is 1. The standard InChI is InChI=1S/C14H16N4O4S/c1-3-15-14-17-13(20)11(23-14)7-12(19)16-9-5-4-8(2)6-10(9)18(21)22/h4-6,11H,3,7H2,1-2H3,(H,16,19)(H,15,17,20)/t11-/m0/s1. The van der Waals surface area contributed by atoms with Gasteiger partial charge in [0.05, 0.1) is 4.92 Å². The Morgan fingerprint density at radius 3 is 2.91 bits per heavy atom. The molecule has 0 spiro atoms. The predicted molar refractivity (Wildman–Crippen MR) is 88.6 cm³/mol. The molecule has 1 aliphatic heterocycles. The Balaban J connectivity index is 2.05. The molecule has 0 radical (unpaired) electrons. The van der Waals surface area contributed by atoms with Crippen molar-refractivity contribution < 1.29 is 14.5 Å².